The number of rotatable bonds is 2. The summed E-state index contributed by atoms with van der Waals surface area (Å²) in [4.78, 5) is 0. The molecule has 3 fully saturated rings. The summed E-state index contributed by atoms with van der Waals surface area (Å²) in [5, 5.41) is 22.7. The van der Waals surface area contributed by atoms with Gasteiger partial charge in [-0.25, -0.2) is 0 Å². The molecule has 5 aliphatic rings. The van der Waals surface area contributed by atoms with Gasteiger partial charge in [0.25, 0.3) is 0 Å². The highest BCUT2D eigenvalue weighted by Gasteiger charge is 2.75. The number of hydrogen-bond donors (Lipinski definition) is 2. The topological polar surface area (TPSA) is 49.7 Å². The van der Waals surface area contributed by atoms with Gasteiger partial charge in [-0.05, 0) is 42.9 Å². The summed E-state index contributed by atoms with van der Waals surface area (Å²) in [7, 11) is 2.37. The first-order valence-corrected chi connectivity index (χ1v) is 10.2. The van der Waals surface area contributed by atoms with E-state index in [-0.39, 0.29) is 41.9 Å². The Hall–Kier alpha value is -0.790. The van der Waals surface area contributed by atoms with E-state index in [2.05, 4.69) is 19.7 Å². The Morgan fingerprint density at radius 3 is 2.81 bits per heavy atom. The number of halogens is 1. The van der Waals surface area contributed by atoms with Crippen molar-refractivity contribution in [2.24, 2.45) is 5.92 Å². The van der Waals surface area contributed by atoms with E-state index in [1.165, 1.54) is 24.9 Å². The first-order chi connectivity index (χ1) is 12.4. The van der Waals surface area contributed by atoms with Crippen molar-refractivity contribution in [2.45, 2.75) is 61.7 Å². The van der Waals surface area contributed by atoms with E-state index >= 15 is 0 Å². The molecule has 3 aliphatic carbocycles. The van der Waals surface area contributed by atoms with E-state index in [4.69, 9.17) is 4.74 Å². The normalized spacial score (nSPS) is 43.6. The van der Waals surface area contributed by atoms with Gasteiger partial charge in [0.05, 0.1) is 25.6 Å². The van der Waals surface area contributed by atoms with Gasteiger partial charge in [0.2, 0.25) is 0 Å². The maximum atomic E-state index is 12.3. The van der Waals surface area contributed by atoms with Crippen molar-refractivity contribution < 1.29 is 43.4 Å². The van der Waals surface area contributed by atoms with Gasteiger partial charge in [0.1, 0.15) is 17.7 Å². The van der Waals surface area contributed by atoms with Crippen LogP contribution in [0.3, 0.4) is 0 Å². The fourth-order valence-electron chi connectivity index (χ4n) is 7.07. The summed E-state index contributed by atoms with van der Waals surface area (Å²) in [6, 6.07) is 4.05. The van der Waals surface area contributed by atoms with E-state index in [0.717, 1.165) is 53.8 Å². The molecule has 2 saturated carbocycles. The Balaban J connectivity index is 0.00000160. The molecule has 2 bridgehead atoms. The van der Waals surface area contributed by atoms with Gasteiger partial charge >= 0.3 is 0 Å². The molecule has 5 atom stereocenters. The second kappa shape index (κ2) is 5.42. The summed E-state index contributed by atoms with van der Waals surface area (Å²) in [6.07, 6.45) is 5.88. The second-order valence-corrected chi connectivity index (χ2v) is 9.80. The van der Waals surface area contributed by atoms with Crippen molar-refractivity contribution in [2.75, 3.05) is 20.1 Å². The van der Waals surface area contributed by atoms with E-state index in [0.29, 0.717) is 5.75 Å². The molecule has 5 heteroatoms. The molecule has 1 aromatic carbocycles. The van der Waals surface area contributed by atoms with E-state index in [9.17, 15) is 10.2 Å². The van der Waals surface area contributed by atoms with Crippen LogP contribution in [0.25, 0.3) is 0 Å². The van der Waals surface area contributed by atoms with Crippen molar-refractivity contribution in [1.82, 2.24) is 0 Å². The number of benzene rings is 1. The number of aliphatic hydroxyl groups is 1. The average Bonchev–Trinajstić information content (AvgIpc) is 3.32. The van der Waals surface area contributed by atoms with E-state index in [1.54, 1.807) is 6.07 Å². The summed E-state index contributed by atoms with van der Waals surface area (Å²) in [5.41, 5.74) is 2.25. The monoisotopic (exact) mass is 481 g/mol. The number of phenolic OH excluding ortho intramolecular Hbond substituents is 1. The lowest BCUT2D eigenvalue weighted by Gasteiger charge is -2.65. The number of quaternary nitrogens is 1. The molecule has 6 rings (SSSR count). The Kier molecular flexibility index (Phi) is 3.66. The molecule has 0 amide bonds. The summed E-state index contributed by atoms with van der Waals surface area (Å²) in [5.74, 6) is 1.66. The third-order valence-corrected chi connectivity index (χ3v) is 8.43. The first kappa shape index (κ1) is 18.3. The molecule has 0 radical (unpaired) electrons. The Labute approximate surface area is 177 Å². The van der Waals surface area contributed by atoms with E-state index < -0.39 is 11.0 Å². The predicted molar refractivity (Wildman–Crippen MR) is 98.3 cm³/mol. The van der Waals surface area contributed by atoms with Crippen molar-refractivity contribution in [3.63, 3.8) is 0 Å². The SMILES string of the molecule is C=C1CCC2(O)[C@H]3Cc4ccc(O)c5c4[C@@]2(CC[N@+]3(C)CC2CC2)[C@H]1O5.[I-]. The highest BCUT2D eigenvalue weighted by atomic mass is 127. The predicted octanol–water partition coefficient (Wildman–Crippen LogP) is -0.339. The van der Waals surface area contributed by atoms with Crippen molar-refractivity contribution in [3.8, 4) is 11.5 Å². The Morgan fingerprint density at radius 1 is 1.30 bits per heavy atom. The van der Waals surface area contributed by atoms with Crippen LogP contribution in [0.1, 0.15) is 43.2 Å². The van der Waals surface area contributed by atoms with Gasteiger partial charge in [0.15, 0.2) is 11.5 Å². The molecule has 1 unspecified atom stereocenters. The lowest BCUT2D eigenvalue weighted by Crippen LogP contribution is -3.00. The van der Waals surface area contributed by atoms with Crippen LogP contribution in [0, 0.1) is 5.92 Å². The fourth-order valence-corrected chi connectivity index (χ4v) is 7.07. The maximum absolute atomic E-state index is 12.3. The number of nitrogens with zero attached hydrogens (tertiary/aromatic N) is 1. The van der Waals surface area contributed by atoms with E-state index in [1.807, 2.05) is 0 Å². The maximum Gasteiger partial charge on any atom is 0.166 e. The van der Waals surface area contributed by atoms with Gasteiger partial charge in [0, 0.05) is 24.3 Å². The molecule has 2 aliphatic heterocycles. The van der Waals surface area contributed by atoms with Crippen LogP contribution in [-0.2, 0) is 11.8 Å². The molecule has 1 saturated heterocycles. The Bertz CT molecular complexity index is 852. The number of phenols is 1. The standard InChI is InChI=1S/C22H27NO3.HI/c1-13-7-8-22(25)17-11-15-5-6-16(24)19-18(15)21(22,20(13)26-19)9-10-23(17,2)12-14-3-4-14;/h5-6,14,17,20,25H,1,3-4,7-12H2,2H3;1H/t17-,20+,21+,22?,23-;/m1./s1. The molecule has 2 heterocycles. The first-order valence-electron chi connectivity index (χ1n) is 10.2. The molecule has 0 aromatic heterocycles. The number of aromatic hydroxyl groups is 1. The number of likely N-dealkylation sites (N-methyl/N-ethyl adjacent to an activating group) is 1. The zero-order valence-electron chi connectivity index (χ0n) is 15.9. The highest BCUT2D eigenvalue weighted by Crippen LogP contribution is 2.67. The Morgan fingerprint density at radius 2 is 2.07 bits per heavy atom. The van der Waals surface area contributed by atoms with Crippen molar-refractivity contribution in [3.05, 3.63) is 35.4 Å². The minimum absolute atomic E-state index is 0. The largest absolute Gasteiger partial charge is 1.00 e. The van der Waals surface area contributed by atoms with Gasteiger partial charge in [-0.2, -0.15) is 0 Å². The molecular formula is C22H28INO3. The average molecular weight is 481 g/mol. The van der Waals surface area contributed by atoms with Crippen molar-refractivity contribution in [1.29, 1.82) is 0 Å². The number of likely N-dealkylation sites (tertiary alicyclic amines) is 1. The lowest BCUT2D eigenvalue weighted by molar-refractivity contribution is -0.950. The zero-order valence-corrected chi connectivity index (χ0v) is 18.0. The van der Waals surface area contributed by atoms with Gasteiger partial charge in [-0.15, -0.1) is 0 Å². The van der Waals surface area contributed by atoms with Gasteiger partial charge in [-0.1, -0.05) is 12.6 Å². The zero-order chi connectivity index (χ0) is 17.9. The van der Waals surface area contributed by atoms with Gasteiger partial charge < -0.3 is 43.4 Å². The minimum atomic E-state index is -0.771. The third kappa shape index (κ3) is 2.01. The summed E-state index contributed by atoms with van der Waals surface area (Å²) in [6.45, 7) is 6.57. The molecular weight excluding hydrogens is 453 g/mol. The number of hydrogen-bond acceptors (Lipinski definition) is 3. The van der Waals surface area contributed by atoms with Gasteiger partial charge in [-0.3, -0.25) is 0 Å². The number of ether oxygens (including phenoxy) is 1. The molecule has 1 aromatic rings. The van der Waals surface area contributed by atoms with Crippen LogP contribution in [-0.4, -0.2) is 52.6 Å². The van der Waals surface area contributed by atoms with Crippen LogP contribution in [0.4, 0.5) is 0 Å². The van der Waals surface area contributed by atoms with Crippen LogP contribution in [0.5, 0.6) is 11.5 Å². The van der Waals surface area contributed by atoms with Crippen LogP contribution < -0.4 is 28.7 Å². The molecule has 4 nitrogen and oxygen atoms in total. The summed E-state index contributed by atoms with van der Waals surface area (Å²) >= 11 is 0. The third-order valence-electron chi connectivity index (χ3n) is 8.43. The minimum Gasteiger partial charge on any atom is -1.00 e. The van der Waals surface area contributed by atoms with Crippen LogP contribution in [0.2, 0.25) is 0 Å². The smallest absolute Gasteiger partial charge is 0.166 e. The molecule has 27 heavy (non-hydrogen) atoms. The number of piperidine rings is 1. The molecule has 2 N–H and O–H groups in total. The lowest BCUT2D eigenvalue weighted by atomic mass is 9.48. The molecule has 1 spiro atoms. The highest BCUT2D eigenvalue weighted by molar-refractivity contribution is 5.63. The van der Waals surface area contributed by atoms with Crippen LogP contribution in [0.15, 0.2) is 24.3 Å². The van der Waals surface area contributed by atoms with Crippen LogP contribution >= 0.6 is 0 Å². The fraction of sp³-hybridized carbons (Fsp3) is 0.636. The quantitative estimate of drug-likeness (QED) is 0.346. The van der Waals surface area contributed by atoms with Crippen molar-refractivity contribution >= 4 is 0 Å². The summed E-state index contributed by atoms with van der Waals surface area (Å²) < 4.78 is 7.32. The molecule has 146 valence electrons. The second-order valence-electron chi connectivity index (χ2n) is 9.80.